The summed E-state index contributed by atoms with van der Waals surface area (Å²) >= 11 is 6.15. The van der Waals surface area contributed by atoms with Gasteiger partial charge in [0, 0.05) is 18.9 Å². The van der Waals surface area contributed by atoms with Crippen LogP contribution in [0.4, 0.5) is 0 Å². The number of rotatable bonds is 3. The van der Waals surface area contributed by atoms with E-state index in [0.29, 0.717) is 29.0 Å². The van der Waals surface area contributed by atoms with Gasteiger partial charge in [-0.2, -0.15) is 4.31 Å². The van der Waals surface area contributed by atoms with Gasteiger partial charge in [-0.05, 0) is 32.8 Å². The average Bonchev–Trinajstić information content (AvgIpc) is 3.06. The van der Waals surface area contributed by atoms with Crippen LogP contribution in [-0.4, -0.2) is 46.0 Å². The Morgan fingerprint density at radius 1 is 1.50 bits per heavy atom. The molecule has 1 aliphatic heterocycles. The lowest BCUT2D eigenvalue weighted by Gasteiger charge is -2.32. The van der Waals surface area contributed by atoms with Crippen molar-refractivity contribution in [2.75, 3.05) is 6.54 Å². The van der Waals surface area contributed by atoms with Crippen molar-refractivity contribution in [3.8, 4) is 0 Å². The van der Waals surface area contributed by atoms with E-state index in [1.54, 1.807) is 19.9 Å². The number of aromatic nitrogens is 2. The first-order chi connectivity index (χ1) is 10.2. The Balaban J connectivity index is 2.13. The lowest BCUT2D eigenvalue weighted by atomic mass is 9.98. The van der Waals surface area contributed by atoms with E-state index in [1.165, 1.54) is 16.7 Å². The van der Waals surface area contributed by atoms with Crippen molar-refractivity contribution in [2.45, 2.75) is 43.2 Å². The molecule has 0 radical (unpaired) electrons. The van der Waals surface area contributed by atoms with Crippen LogP contribution in [0.2, 0.25) is 5.02 Å². The molecule has 2 aromatic heterocycles. The fraction of sp³-hybridized carbons (Fsp3) is 0.500. The molecule has 0 aromatic carbocycles. The summed E-state index contributed by atoms with van der Waals surface area (Å²) in [4.78, 5) is 7.05. The van der Waals surface area contributed by atoms with E-state index in [-0.39, 0.29) is 4.90 Å². The SMILES string of the molecule is CC(C)(O)C1CCCN1S(=O)(=O)c1c[nH]c2nccc(Cl)c12. The molecule has 0 aliphatic carbocycles. The van der Waals surface area contributed by atoms with E-state index < -0.39 is 21.7 Å². The highest BCUT2D eigenvalue weighted by molar-refractivity contribution is 7.89. The van der Waals surface area contributed by atoms with E-state index in [4.69, 9.17) is 11.6 Å². The third-order valence-electron chi connectivity index (χ3n) is 4.09. The first kappa shape index (κ1) is 15.7. The quantitative estimate of drug-likeness (QED) is 0.894. The maximum Gasteiger partial charge on any atom is 0.245 e. The number of sulfonamides is 1. The highest BCUT2D eigenvalue weighted by Gasteiger charge is 2.43. The fourth-order valence-electron chi connectivity index (χ4n) is 3.05. The Morgan fingerprint density at radius 3 is 2.91 bits per heavy atom. The zero-order valence-electron chi connectivity index (χ0n) is 12.4. The summed E-state index contributed by atoms with van der Waals surface area (Å²) in [6, 6.07) is 1.12. The monoisotopic (exact) mass is 343 g/mol. The highest BCUT2D eigenvalue weighted by atomic mass is 35.5. The van der Waals surface area contributed by atoms with Crippen molar-refractivity contribution in [3.63, 3.8) is 0 Å². The largest absolute Gasteiger partial charge is 0.389 e. The van der Waals surface area contributed by atoms with Crippen molar-refractivity contribution in [3.05, 3.63) is 23.5 Å². The van der Waals surface area contributed by atoms with Crippen LogP contribution in [0.5, 0.6) is 0 Å². The van der Waals surface area contributed by atoms with E-state index in [2.05, 4.69) is 9.97 Å². The molecule has 0 amide bonds. The Kier molecular flexibility index (Phi) is 3.71. The summed E-state index contributed by atoms with van der Waals surface area (Å²) in [7, 11) is -3.76. The molecular formula is C14H18ClN3O3S. The molecule has 1 aliphatic rings. The van der Waals surface area contributed by atoms with Crippen molar-refractivity contribution >= 4 is 32.7 Å². The van der Waals surface area contributed by atoms with Crippen LogP contribution in [0.1, 0.15) is 26.7 Å². The Hall–Kier alpha value is -1.15. The van der Waals surface area contributed by atoms with Gasteiger partial charge in [0.15, 0.2) is 0 Å². The molecule has 1 saturated heterocycles. The Morgan fingerprint density at radius 2 is 2.23 bits per heavy atom. The van der Waals surface area contributed by atoms with Crippen molar-refractivity contribution in [1.82, 2.24) is 14.3 Å². The maximum absolute atomic E-state index is 13.0. The first-order valence-corrected chi connectivity index (χ1v) is 8.90. The molecule has 1 unspecified atom stereocenters. The van der Waals surface area contributed by atoms with Gasteiger partial charge in [-0.3, -0.25) is 0 Å². The number of hydrogen-bond donors (Lipinski definition) is 2. The van der Waals surface area contributed by atoms with Crippen LogP contribution in [-0.2, 0) is 10.0 Å². The van der Waals surface area contributed by atoms with Crippen LogP contribution in [0.3, 0.4) is 0 Å². The number of nitrogens with one attached hydrogen (secondary N) is 1. The van der Waals surface area contributed by atoms with Gasteiger partial charge in [0.2, 0.25) is 10.0 Å². The van der Waals surface area contributed by atoms with Crippen LogP contribution < -0.4 is 0 Å². The molecule has 8 heteroatoms. The second kappa shape index (κ2) is 5.19. The number of pyridine rings is 1. The third-order valence-corrected chi connectivity index (χ3v) is 6.34. The van der Waals surface area contributed by atoms with E-state index >= 15 is 0 Å². The van der Waals surface area contributed by atoms with Crippen molar-refractivity contribution < 1.29 is 13.5 Å². The molecule has 3 heterocycles. The van der Waals surface area contributed by atoms with Crippen molar-refractivity contribution in [2.24, 2.45) is 0 Å². The molecule has 0 spiro atoms. The minimum atomic E-state index is -3.76. The van der Waals surface area contributed by atoms with Crippen LogP contribution in [0, 0.1) is 0 Å². The summed E-state index contributed by atoms with van der Waals surface area (Å²) in [6.45, 7) is 3.66. The van der Waals surface area contributed by atoms with Crippen LogP contribution >= 0.6 is 11.6 Å². The fourth-order valence-corrected chi connectivity index (χ4v) is 5.35. The predicted molar refractivity (Wildman–Crippen MR) is 84.3 cm³/mol. The third kappa shape index (κ3) is 2.42. The predicted octanol–water partition coefficient (Wildman–Crippen LogP) is 2.14. The Labute approximate surface area is 134 Å². The minimum absolute atomic E-state index is 0.108. The number of hydrogen-bond acceptors (Lipinski definition) is 4. The van der Waals surface area contributed by atoms with E-state index in [0.717, 1.165) is 6.42 Å². The molecule has 2 N–H and O–H groups in total. The van der Waals surface area contributed by atoms with E-state index in [1.807, 2.05) is 0 Å². The highest BCUT2D eigenvalue weighted by Crippen LogP contribution is 2.36. The molecule has 0 bridgehead atoms. The smallest absolute Gasteiger partial charge is 0.245 e. The number of H-pyrrole nitrogens is 1. The molecule has 2 aromatic rings. The molecule has 0 saturated carbocycles. The lowest BCUT2D eigenvalue weighted by Crippen LogP contribution is -2.48. The molecule has 3 rings (SSSR count). The number of aromatic amines is 1. The molecule has 120 valence electrons. The topological polar surface area (TPSA) is 86.3 Å². The summed E-state index contributed by atoms with van der Waals surface area (Å²) in [5.41, 5.74) is -0.664. The van der Waals surface area contributed by atoms with Crippen LogP contribution in [0.25, 0.3) is 11.0 Å². The summed E-state index contributed by atoms with van der Waals surface area (Å²) in [6.07, 6.45) is 4.30. The Bertz CT molecular complexity index is 810. The number of nitrogens with zero attached hydrogens (tertiary/aromatic N) is 2. The molecule has 1 fully saturated rings. The zero-order valence-corrected chi connectivity index (χ0v) is 13.9. The summed E-state index contributed by atoms with van der Waals surface area (Å²) in [5, 5.41) is 11.0. The van der Waals surface area contributed by atoms with Gasteiger partial charge in [-0.15, -0.1) is 0 Å². The van der Waals surface area contributed by atoms with Crippen LogP contribution in [0.15, 0.2) is 23.4 Å². The maximum atomic E-state index is 13.0. The second-order valence-corrected chi connectivity index (χ2v) is 8.36. The van der Waals surface area contributed by atoms with Gasteiger partial charge in [-0.1, -0.05) is 11.6 Å². The standard InChI is InChI=1S/C14H18ClN3O3S/c1-14(2,19)11-4-3-7-18(11)22(20,21)10-8-17-13-12(10)9(15)5-6-16-13/h5-6,8,11,19H,3-4,7H2,1-2H3,(H,16,17). The van der Waals surface area contributed by atoms with Gasteiger partial charge < -0.3 is 10.1 Å². The molecule has 1 atom stereocenters. The minimum Gasteiger partial charge on any atom is -0.389 e. The second-order valence-electron chi connectivity index (χ2n) is 6.10. The van der Waals surface area contributed by atoms with Gasteiger partial charge >= 0.3 is 0 Å². The molecule has 6 nitrogen and oxygen atoms in total. The number of aliphatic hydroxyl groups is 1. The lowest BCUT2D eigenvalue weighted by molar-refractivity contribution is 0.0215. The summed E-state index contributed by atoms with van der Waals surface area (Å²) < 4.78 is 27.4. The van der Waals surface area contributed by atoms with Gasteiger partial charge in [0.25, 0.3) is 0 Å². The zero-order chi connectivity index (χ0) is 16.1. The molecular weight excluding hydrogens is 326 g/mol. The average molecular weight is 344 g/mol. The molecule has 22 heavy (non-hydrogen) atoms. The van der Waals surface area contributed by atoms with Gasteiger partial charge in [0.05, 0.1) is 22.1 Å². The number of fused-ring (bicyclic) bond motifs is 1. The normalized spacial score (nSPS) is 20.8. The first-order valence-electron chi connectivity index (χ1n) is 7.09. The summed E-state index contributed by atoms with van der Waals surface area (Å²) in [5.74, 6) is 0. The van der Waals surface area contributed by atoms with E-state index in [9.17, 15) is 13.5 Å². The number of halogens is 1. The van der Waals surface area contributed by atoms with Crippen molar-refractivity contribution in [1.29, 1.82) is 0 Å². The van der Waals surface area contributed by atoms with Gasteiger partial charge in [-0.25, -0.2) is 13.4 Å². The van der Waals surface area contributed by atoms with Gasteiger partial charge in [0.1, 0.15) is 10.5 Å².